The number of carbonyl (C=O) groups is 1. The minimum absolute atomic E-state index is 0.143. The van der Waals surface area contributed by atoms with Gasteiger partial charge in [-0.2, -0.15) is 0 Å². The zero-order valence-corrected chi connectivity index (χ0v) is 16.9. The summed E-state index contributed by atoms with van der Waals surface area (Å²) >= 11 is 6.04. The van der Waals surface area contributed by atoms with Crippen molar-refractivity contribution >= 4 is 33.2 Å². The first kappa shape index (κ1) is 21.8. The van der Waals surface area contributed by atoms with E-state index >= 15 is 0 Å². The number of nitrogens with one attached hydrogen (secondary N) is 1. The van der Waals surface area contributed by atoms with E-state index in [-0.39, 0.29) is 29.7 Å². The van der Waals surface area contributed by atoms with Gasteiger partial charge in [0.2, 0.25) is 15.9 Å². The SMILES string of the molecule is COc1ccc(N(CC(=O)NCCOc2ccc(F)cc2)S(C)(=O)=O)cc1Cl. The van der Waals surface area contributed by atoms with E-state index in [1.165, 1.54) is 49.6 Å². The molecule has 2 rings (SSSR count). The van der Waals surface area contributed by atoms with Crippen LogP contribution in [0.5, 0.6) is 11.5 Å². The van der Waals surface area contributed by atoms with Gasteiger partial charge in [0.15, 0.2) is 0 Å². The minimum Gasteiger partial charge on any atom is -0.495 e. The quantitative estimate of drug-likeness (QED) is 0.618. The van der Waals surface area contributed by atoms with Crippen molar-refractivity contribution in [3.05, 3.63) is 53.3 Å². The lowest BCUT2D eigenvalue weighted by Gasteiger charge is -2.22. The van der Waals surface area contributed by atoms with Crippen LogP contribution in [-0.4, -0.2) is 47.4 Å². The molecule has 1 amide bonds. The van der Waals surface area contributed by atoms with Crippen LogP contribution < -0.4 is 19.1 Å². The molecule has 7 nitrogen and oxygen atoms in total. The Morgan fingerprint density at radius 1 is 1.21 bits per heavy atom. The Hall–Kier alpha value is -2.52. The Morgan fingerprint density at radius 3 is 2.46 bits per heavy atom. The second kappa shape index (κ2) is 9.61. The first-order chi connectivity index (χ1) is 13.2. The molecule has 0 spiro atoms. The van der Waals surface area contributed by atoms with Gasteiger partial charge in [-0.25, -0.2) is 12.8 Å². The fourth-order valence-corrected chi connectivity index (χ4v) is 3.39. The number of nitrogens with zero attached hydrogens (tertiary/aromatic N) is 1. The molecule has 10 heteroatoms. The summed E-state index contributed by atoms with van der Waals surface area (Å²) < 4.78 is 48.4. The number of anilines is 1. The number of hydrogen-bond acceptors (Lipinski definition) is 5. The van der Waals surface area contributed by atoms with Crippen LogP contribution in [0.2, 0.25) is 5.02 Å². The molecular formula is C18H20ClFN2O5S. The van der Waals surface area contributed by atoms with Crippen molar-refractivity contribution in [1.82, 2.24) is 5.32 Å². The van der Waals surface area contributed by atoms with Gasteiger partial charge in [-0.3, -0.25) is 9.10 Å². The van der Waals surface area contributed by atoms with Crippen LogP contribution in [0, 0.1) is 5.82 Å². The highest BCUT2D eigenvalue weighted by Crippen LogP contribution is 2.30. The first-order valence-corrected chi connectivity index (χ1v) is 10.4. The number of benzene rings is 2. The number of halogens is 2. The van der Waals surface area contributed by atoms with Crippen molar-refractivity contribution < 1.29 is 27.1 Å². The highest BCUT2D eigenvalue weighted by atomic mass is 35.5. The summed E-state index contributed by atoms with van der Waals surface area (Å²) in [7, 11) is -2.28. The van der Waals surface area contributed by atoms with Gasteiger partial charge in [0.1, 0.15) is 30.5 Å². The third kappa shape index (κ3) is 6.28. The van der Waals surface area contributed by atoms with Crippen molar-refractivity contribution in [2.24, 2.45) is 0 Å². The molecule has 0 aromatic heterocycles. The molecule has 2 aromatic carbocycles. The van der Waals surface area contributed by atoms with Crippen LogP contribution in [0.4, 0.5) is 10.1 Å². The molecule has 0 unspecified atom stereocenters. The van der Waals surface area contributed by atoms with Crippen molar-refractivity contribution in [3.8, 4) is 11.5 Å². The number of hydrogen-bond donors (Lipinski definition) is 1. The molecule has 1 N–H and O–H groups in total. The number of rotatable bonds is 9. The Morgan fingerprint density at radius 2 is 1.89 bits per heavy atom. The monoisotopic (exact) mass is 430 g/mol. The van der Waals surface area contributed by atoms with Gasteiger partial charge >= 0.3 is 0 Å². The van der Waals surface area contributed by atoms with Crippen LogP contribution in [0.3, 0.4) is 0 Å². The van der Waals surface area contributed by atoms with Gasteiger partial charge in [0, 0.05) is 0 Å². The summed E-state index contributed by atoms with van der Waals surface area (Å²) in [6.07, 6.45) is 0.996. The fourth-order valence-electron chi connectivity index (χ4n) is 2.29. The van der Waals surface area contributed by atoms with E-state index in [2.05, 4.69) is 5.32 Å². The maximum Gasteiger partial charge on any atom is 0.240 e. The topological polar surface area (TPSA) is 84.9 Å². The molecule has 152 valence electrons. The molecule has 0 aliphatic carbocycles. The van der Waals surface area contributed by atoms with Crippen LogP contribution in [0.15, 0.2) is 42.5 Å². The van der Waals surface area contributed by atoms with Crippen LogP contribution >= 0.6 is 11.6 Å². The molecule has 0 heterocycles. The molecule has 0 saturated heterocycles. The molecular weight excluding hydrogens is 411 g/mol. The van der Waals surface area contributed by atoms with Gasteiger partial charge in [-0.05, 0) is 42.5 Å². The Kier molecular flexibility index (Phi) is 7.47. The molecule has 0 radical (unpaired) electrons. The van der Waals surface area contributed by atoms with Crippen LogP contribution in [0.1, 0.15) is 0 Å². The van der Waals surface area contributed by atoms with Gasteiger partial charge < -0.3 is 14.8 Å². The molecule has 0 bridgehead atoms. The molecule has 0 fully saturated rings. The smallest absolute Gasteiger partial charge is 0.240 e. The number of ether oxygens (including phenoxy) is 2. The molecule has 28 heavy (non-hydrogen) atoms. The Balaban J connectivity index is 1.94. The van der Waals surface area contributed by atoms with Crippen LogP contribution in [-0.2, 0) is 14.8 Å². The van der Waals surface area contributed by atoms with E-state index in [4.69, 9.17) is 21.1 Å². The third-order valence-corrected chi connectivity index (χ3v) is 5.05. The summed E-state index contributed by atoms with van der Waals surface area (Å²) in [4.78, 5) is 12.2. The highest BCUT2D eigenvalue weighted by molar-refractivity contribution is 7.92. The van der Waals surface area contributed by atoms with Gasteiger partial charge in [0.25, 0.3) is 0 Å². The van der Waals surface area contributed by atoms with E-state index in [0.29, 0.717) is 11.5 Å². The predicted molar refractivity (Wildman–Crippen MR) is 105 cm³/mol. The molecule has 0 aliphatic heterocycles. The predicted octanol–water partition coefficient (Wildman–Crippen LogP) is 2.45. The van der Waals surface area contributed by atoms with Gasteiger partial charge in [-0.15, -0.1) is 0 Å². The number of carbonyl (C=O) groups excluding carboxylic acids is 1. The first-order valence-electron chi connectivity index (χ1n) is 8.17. The standard InChI is InChI=1S/C18H20ClFN2O5S/c1-26-17-8-5-14(11-16(17)19)22(28(2,24)25)12-18(23)21-9-10-27-15-6-3-13(20)4-7-15/h3-8,11H,9-10,12H2,1-2H3,(H,21,23). The summed E-state index contributed by atoms with van der Waals surface area (Å²) in [5.41, 5.74) is 0.242. The molecule has 2 aromatic rings. The molecule has 0 aliphatic rings. The zero-order chi connectivity index (χ0) is 20.7. The van der Waals surface area contributed by atoms with Crippen LogP contribution in [0.25, 0.3) is 0 Å². The van der Waals surface area contributed by atoms with Crippen molar-refractivity contribution in [3.63, 3.8) is 0 Å². The van der Waals surface area contributed by atoms with E-state index in [0.717, 1.165) is 10.6 Å². The maximum absolute atomic E-state index is 12.8. The van der Waals surface area contributed by atoms with Crippen molar-refractivity contribution in [1.29, 1.82) is 0 Å². The second-order valence-corrected chi connectivity index (χ2v) is 8.05. The number of amides is 1. The normalized spacial score (nSPS) is 11.0. The lowest BCUT2D eigenvalue weighted by Crippen LogP contribution is -2.41. The minimum atomic E-state index is -3.72. The summed E-state index contributed by atoms with van der Waals surface area (Å²) in [5, 5.41) is 2.80. The molecule has 0 saturated carbocycles. The number of sulfonamides is 1. The lowest BCUT2D eigenvalue weighted by molar-refractivity contribution is -0.119. The van der Waals surface area contributed by atoms with E-state index in [9.17, 15) is 17.6 Å². The van der Waals surface area contributed by atoms with Gasteiger partial charge in [0.05, 0.1) is 30.6 Å². The Bertz CT molecular complexity index is 922. The summed E-state index contributed by atoms with van der Waals surface area (Å²) in [6, 6.07) is 9.88. The average Bonchev–Trinajstić information content (AvgIpc) is 2.64. The molecule has 0 atom stereocenters. The Labute approximate surface area is 168 Å². The van der Waals surface area contributed by atoms with E-state index in [1.54, 1.807) is 0 Å². The third-order valence-electron chi connectivity index (χ3n) is 3.62. The largest absolute Gasteiger partial charge is 0.495 e. The summed E-state index contributed by atoms with van der Waals surface area (Å²) in [6.45, 7) is -0.125. The lowest BCUT2D eigenvalue weighted by atomic mass is 10.3. The van der Waals surface area contributed by atoms with E-state index < -0.39 is 22.5 Å². The second-order valence-electron chi connectivity index (χ2n) is 5.74. The highest BCUT2D eigenvalue weighted by Gasteiger charge is 2.21. The van der Waals surface area contributed by atoms with Crippen molar-refractivity contribution in [2.75, 3.05) is 37.4 Å². The average molecular weight is 431 g/mol. The zero-order valence-electron chi connectivity index (χ0n) is 15.3. The van der Waals surface area contributed by atoms with Gasteiger partial charge in [-0.1, -0.05) is 11.6 Å². The van der Waals surface area contributed by atoms with Crippen molar-refractivity contribution in [2.45, 2.75) is 0 Å². The fraction of sp³-hybridized carbons (Fsp3) is 0.278. The maximum atomic E-state index is 12.8. The number of methoxy groups -OCH3 is 1. The summed E-state index contributed by atoms with van der Waals surface area (Å²) in [5.74, 6) is -0.0391. The van der Waals surface area contributed by atoms with E-state index in [1.807, 2.05) is 0 Å².